The Balaban J connectivity index is 2.17. The maximum Gasteiger partial charge on any atom is 0.306 e. The number of ether oxygens (including phenoxy) is 2. The molecule has 94 valence electrons. The van der Waals surface area contributed by atoms with Gasteiger partial charge in [0.1, 0.15) is 6.10 Å². The first-order valence-electron chi connectivity index (χ1n) is 6.48. The monoisotopic (exact) mass is 228 g/mol. The molecule has 0 bridgehead atoms. The molecule has 0 aromatic carbocycles. The molecule has 0 N–H and O–H groups in total. The first-order valence-corrected chi connectivity index (χ1v) is 6.48. The van der Waals surface area contributed by atoms with Gasteiger partial charge in [-0.05, 0) is 25.7 Å². The van der Waals surface area contributed by atoms with Crippen LogP contribution in [-0.2, 0) is 14.3 Å². The van der Waals surface area contributed by atoms with E-state index in [1.165, 1.54) is 0 Å². The second kappa shape index (κ2) is 7.66. The molecule has 0 aromatic heterocycles. The van der Waals surface area contributed by atoms with Crippen LogP contribution in [0.1, 0.15) is 58.3 Å². The number of unbranched alkanes of at least 4 members (excludes halogenated alkanes) is 2. The van der Waals surface area contributed by atoms with Crippen LogP contribution < -0.4 is 0 Å². The van der Waals surface area contributed by atoms with Crippen molar-refractivity contribution in [1.29, 1.82) is 0 Å². The first-order chi connectivity index (χ1) is 7.76. The van der Waals surface area contributed by atoms with Crippen molar-refractivity contribution in [2.45, 2.75) is 70.5 Å². The van der Waals surface area contributed by atoms with Crippen LogP contribution in [0, 0.1) is 0 Å². The lowest BCUT2D eigenvalue weighted by molar-refractivity contribution is -0.152. The lowest BCUT2D eigenvalue weighted by Gasteiger charge is -2.27. The van der Waals surface area contributed by atoms with Crippen LogP contribution in [0.2, 0.25) is 0 Å². The highest BCUT2D eigenvalue weighted by atomic mass is 16.5. The lowest BCUT2D eigenvalue weighted by atomic mass is 9.95. The summed E-state index contributed by atoms with van der Waals surface area (Å²) in [7, 11) is 1.73. The number of carbonyl (C=O) groups excluding carboxylic acids is 1. The van der Waals surface area contributed by atoms with E-state index in [0.29, 0.717) is 6.42 Å². The largest absolute Gasteiger partial charge is 0.462 e. The standard InChI is InChI=1S/C13H24O3/c1-3-4-5-9-13(14)16-12-8-6-7-11(10-12)15-2/h11-12H,3-10H2,1-2H3. The maximum absolute atomic E-state index is 11.5. The van der Waals surface area contributed by atoms with E-state index < -0.39 is 0 Å². The van der Waals surface area contributed by atoms with Crippen LogP contribution >= 0.6 is 0 Å². The molecule has 0 radical (unpaired) electrons. The number of hydrogen-bond acceptors (Lipinski definition) is 3. The summed E-state index contributed by atoms with van der Waals surface area (Å²) in [4.78, 5) is 11.5. The molecule has 2 unspecified atom stereocenters. The minimum absolute atomic E-state index is 0.0322. The highest BCUT2D eigenvalue weighted by molar-refractivity contribution is 5.69. The summed E-state index contributed by atoms with van der Waals surface area (Å²) in [5, 5.41) is 0. The highest BCUT2D eigenvalue weighted by Gasteiger charge is 2.24. The molecule has 2 atom stereocenters. The molecule has 3 nitrogen and oxygen atoms in total. The van der Waals surface area contributed by atoms with Crippen LogP contribution in [0.3, 0.4) is 0 Å². The third-order valence-electron chi connectivity index (χ3n) is 3.19. The number of methoxy groups -OCH3 is 1. The Hall–Kier alpha value is -0.570. The van der Waals surface area contributed by atoms with Gasteiger partial charge in [-0.15, -0.1) is 0 Å². The Morgan fingerprint density at radius 3 is 2.69 bits per heavy atom. The van der Waals surface area contributed by atoms with E-state index in [1.54, 1.807) is 7.11 Å². The van der Waals surface area contributed by atoms with Crippen molar-refractivity contribution in [2.75, 3.05) is 7.11 Å². The fourth-order valence-corrected chi connectivity index (χ4v) is 2.19. The van der Waals surface area contributed by atoms with Gasteiger partial charge in [-0.1, -0.05) is 19.8 Å². The van der Waals surface area contributed by atoms with E-state index in [9.17, 15) is 4.79 Å². The molecule has 1 fully saturated rings. The number of esters is 1. The summed E-state index contributed by atoms with van der Waals surface area (Å²) in [5.41, 5.74) is 0. The molecule has 0 spiro atoms. The summed E-state index contributed by atoms with van der Waals surface area (Å²) < 4.78 is 10.8. The molecule has 1 aliphatic carbocycles. The number of carbonyl (C=O) groups is 1. The summed E-state index contributed by atoms with van der Waals surface area (Å²) in [5.74, 6) is -0.0322. The zero-order chi connectivity index (χ0) is 11.8. The van der Waals surface area contributed by atoms with Crippen LogP contribution in [-0.4, -0.2) is 25.3 Å². The predicted molar refractivity (Wildman–Crippen MR) is 63.3 cm³/mol. The zero-order valence-electron chi connectivity index (χ0n) is 10.5. The smallest absolute Gasteiger partial charge is 0.306 e. The molecule has 1 aliphatic rings. The van der Waals surface area contributed by atoms with Gasteiger partial charge in [0.25, 0.3) is 0 Å². The van der Waals surface area contributed by atoms with Crippen LogP contribution in [0.15, 0.2) is 0 Å². The lowest BCUT2D eigenvalue weighted by Crippen LogP contribution is -2.29. The van der Waals surface area contributed by atoms with Crippen LogP contribution in [0.5, 0.6) is 0 Å². The van der Waals surface area contributed by atoms with Gasteiger partial charge in [0, 0.05) is 20.0 Å². The molecule has 16 heavy (non-hydrogen) atoms. The average molecular weight is 228 g/mol. The van der Waals surface area contributed by atoms with Crippen molar-refractivity contribution in [3.05, 3.63) is 0 Å². The summed E-state index contributed by atoms with van der Waals surface area (Å²) in [6.45, 7) is 2.13. The van der Waals surface area contributed by atoms with E-state index in [-0.39, 0.29) is 18.2 Å². The molecule has 0 amide bonds. The van der Waals surface area contributed by atoms with Gasteiger partial charge in [0.05, 0.1) is 6.10 Å². The van der Waals surface area contributed by atoms with Crippen molar-refractivity contribution in [3.8, 4) is 0 Å². The fourth-order valence-electron chi connectivity index (χ4n) is 2.19. The molecule has 0 saturated heterocycles. The summed E-state index contributed by atoms with van der Waals surface area (Å²) >= 11 is 0. The van der Waals surface area contributed by atoms with E-state index >= 15 is 0 Å². The topological polar surface area (TPSA) is 35.5 Å². The minimum Gasteiger partial charge on any atom is -0.462 e. The van der Waals surface area contributed by atoms with Gasteiger partial charge in [0.2, 0.25) is 0 Å². The Morgan fingerprint density at radius 1 is 1.25 bits per heavy atom. The van der Waals surface area contributed by atoms with E-state index in [4.69, 9.17) is 9.47 Å². The van der Waals surface area contributed by atoms with Crippen LogP contribution in [0.25, 0.3) is 0 Å². The second-order valence-electron chi connectivity index (χ2n) is 4.59. The van der Waals surface area contributed by atoms with Crippen molar-refractivity contribution in [2.24, 2.45) is 0 Å². The van der Waals surface area contributed by atoms with E-state index in [0.717, 1.165) is 44.9 Å². The molecule has 0 aliphatic heterocycles. The van der Waals surface area contributed by atoms with E-state index in [2.05, 4.69) is 6.92 Å². The van der Waals surface area contributed by atoms with Gasteiger partial charge >= 0.3 is 5.97 Å². The van der Waals surface area contributed by atoms with E-state index in [1.807, 2.05) is 0 Å². The number of hydrogen-bond donors (Lipinski definition) is 0. The summed E-state index contributed by atoms with van der Waals surface area (Å²) in [6.07, 6.45) is 8.22. The molecule has 1 rings (SSSR count). The number of rotatable bonds is 6. The normalized spacial score (nSPS) is 25.4. The third-order valence-corrected chi connectivity index (χ3v) is 3.19. The van der Waals surface area contributed by atoms with Crippen molar-refractivity contribution in [3.63, 3.8) is 0 Å². The third kappa shape index (κ3) is 4.97. The maximum atomic E-state index is 11.5. The molecule has 3 heteroatoms. The minimum atomic E-state index is -0.0322. The first kappa shape index (κ1) is 13.5. The summed E-state index contributed by atoms with van der Waals surface area (Å²) in [6, 6.07) is 0. The average Bonchev–Trinajstić information content (AvgIpc) is 2.29. The van der Waals surface area contributed by atoms with Crippen LogP contribution in [0.4, 0.5) is 0 Å². The van der Waals surface area contributed by atoms with Gasteiger partial charge < -0.3 is 9.47 Å². The van der Waals surface area contributed by atoms with Gasteiger partial charge in [-0.3, -0.25) is 4.79 Å². The molecular weight excluding hydrogens is 204 g/mol. The van der Waals surface area contributed by atoms with Gasteiger partial charge in [-0.25, -0.2) is 0 Å². The molecular formula is C13H24O3. The Bertz CT molecular complexity index is 203. The Labute approximate surface area is 98.5 Å². The SMILES string of the molecule is CCCCCC(=O)OC1CCCC(OC)C1. The Kier molecular flexibility index (Phi) is 6.46. The predicted octanol–water partition coefficient (Wildman–Crippen LogP) is 3.07. The van der Waals surface area contributed by atoms with Crippen molar-refractivity contribution < 1.29 is 14.3 Å². The Morgan fingerprint density at radius 2 is 2.00 bits per heavy atom. The van der Waals surface area contributed by atoms with Crippen molar-refractivity contribution in [1.82, 2.24) is 0 Å². The molecule has 1 saturated carbocycles. The van der Waals surface area contributed by atoms with Gasteiger partial charge in [0.15, 0.2) is 0 Å². The highest BCUT2D eigenvalue weighted by Crippen LogP contribution is 2.23. The second-order valence-corrected chi connectivity index (χ2v) is 4.59. The van der Waals surface area contributed by atoms with Crippen molar-refractivity contribution >= 4 is 5.97 Å². The quantitative estimate of drug-likeness (QED) is 0.517. The van der Waals surface area contributed by atoms with Gasteiger partial charge in [-0.2, -0.15) is 0 Å². The molecule has 0 heterocycles. The molecule has 0 aromatic rings. The zero-order valence-corrected chi connectivity index (χ0v) is 10.5. The fraction of sp³-hybridized carbons (Fsp3) is 0.923.